The average Bonchev–Trinajstić information content (AvgIpc) is 2.39. The molecule has 18 heavy (non-hydrogen) atoms. The minimum atomic E-state index is -0.908. The van der Waals surface area contributed by atoms with Gasteiger partial charge in [0.2, 0.25) is 0 Å². The maximum Gasteiger partial charge on any atom is 0.200 e. The third-order valence-electron chi connectivity index (χ3n) is 3.30. The number of nitrogen functional groups attached to an aromatic ring is 1. The Balaban J connectivity index is 2.55. The molecule has 0 heterocycles. The normalized spacial score (nSPS) is 21.7. The highest BCUT2D eigenvalue weighted by Crippen LogP contribution is 2.41. The molecule has 0 bridgehead atoms. The van der Waals surface area contributed by atoms with Gasteiger partial charge in [-0.2, -0.15) is 0 Å². The van der Waals surface area contributed by atoms with Gasteiger partial charge in [0, 0.05) is 25.6 Å². The second-order valence-electron chi connectivity index (χ2n) is 4.22. The second kappa shape index (κ2) is 4.84. The molecule has 0 unspecified atom stereocenters. The van der Waals surface area contributed by atoms with Gasteiger partial charge in [0.15, 0.2) is 5.79 Å². The number of anilines is 1. The number of allylic oxidation sites excluding steroid dienone is 2. The predicted molar refractivity (Wildman–Crippen MR) is 71.8 cm³/mol. The van der Waals surface area contributed by atoms with Crippen molar-refractivity contribution >= 4 is 5.69 Å². The number of benzene rings is 1. The summed E-state index contributed by atoms with van der Waals surface area (Å²) in [6, 6.07) is 7.59. The zero-order valence-electron chi connectivity index (χ0n) is 10.6. The SMILES string of the molecule is COC1(OC)C=CC=C(N)[C@@H]1c1ccccc1N. The van der Waals surface area contributed by atoms with E-state index < -0.39 is 5.79 Å². The molecule has 2 rings (SSSR count). The van der Waals surface area contributed by atoms with Crippen molar-refractivity contribution in [2.45, 2.75) is 11.7 Å². The van der Waals surface area contributed by atoms with E-state index in [-0.39, 0.29) is 5.92 Å². The summed E-state index contributed by atoms with van der Waals surface area (Å²) in [6.45, 7) is 0. The Bertz CT molecular complexity index is 490. The molecule has 4 N–H and O–H groups in total. The van der Waals surface area contributed by atoms with Crippen molar-refractivity contribution in [1.82, 2.24) is 0 Å². The van der Waals surface area contributed by atoms with E-state index in [0.717, 1.165) is 5.56 Å². The van der Waals surface area contributed by atoms with Gasteiger partial charge >= 0.3 is 0 Å². The minimum Gasteiger partial charge on any atom is -0.401 e. The van der Waals surface area contributed by atoms with Crippen LogP contribution >= 0.6 is 0 Å². The Morgan fingerprint density at radius 1 is 1.11 bits per heavy atom. The Morgan fingerprint density at radius 2 is 1.78 bits per heavy atom. The lowest BCUT2D eigenvalue weighted by molar-refractivity contribution is -0.180. The third-order valence-corrected chi connectivity index (χ3v) is 3.30. The highest BCUT2D eigenvalue weighted by atomic mass is 16.7. The van der Waals surface area contributed by atoms with Crippen LogP contribution in [-0.4, -0.2) is 20.0 Å². The molecule has 0 saturated heterocycles. The molecule has 1 aromatic carbocycles. The molecule has 0 fully saturated rings. The first-order valence-corrected chi connectivity index (χ1v) is 5.74. The molecule has 0 amide bonds. The fourth-order valence-corrected chi connectivity index (χ4v) is 2.34. The molecule has 1 aliphatic carbocycles. The lowest BCUT2D eigenvalue weighted by atomic mass is 9.83. The monoisotopic (exact) mass is 246 g/mol. The summed E-state index contributed by atoms with van der Waals surface area (Å²) in [5.41, 5.74) is 14.4. The number of rotatable bonds is 3. The zero-order valence-corrected chi connectivity index (χ0v) is 10.6. The van der Waals surface area contributed by atoms with Gasteiger partial charge in [-0.3, -0.25) is 0 Å². The van der Waals surface area contributed by atoms with Gasteiger partial charge in [-0.15, -0.1) is 0 Å². The van der Waals surface area contributed by atoms with Gasteiger partial charge in [-0.1, -0.05) is 24.3 Å². The van der Waals surface area contributed by atoms with Gasteiger partial charge in [0.25, 0.3) is 0 Å². The van der Waals surface area contributed by atoms with Crippen LogP contribution in [0.2, 0.25) is 0 Å². The van der Waals surface area contributed by atoms with E-state index in [4.69, 9.17) is 20.9 Å². The summed E-state index contributed by atoms with van der Waals surface area (Å²) in [5, 5.41) is 0. The summed E-state index contributed by atoms with van der Waals surface area (Å²) in [7, 11) is 3.19. The average molecular weight is 246 g/mol. The summed E-state index contributed by atoms with van der Waals surface area (Å²) >= 11 is 0. The lowest BCUT2D eigenvalue weighted by Crippen LogP contribution is -2.42. The van der Waals surface area contributed by atoms with E-state index >= 15 is 0 Å². The van der Waals surface area contributed by atoms with Gasteiger partial charge in [-0.05, 0) is 23.8 Å². The lowest BCUT2D eigenvalue weighted by Gasteiger charge is -2.38. The standard InChI is InChI=1S/C14H18N2O2/c1-17-14(18-2)9-5-8-12(16)13(14)10-6-3-4-7-11(10)15/h3-9,13H,15-16H2,1-2H3/t13-/m0/s1. The first-order chi connectivity index (χ1) is 8.64. The Morgan fingerprint density at radius 3 is 2.39 bits per heavy atom. The van der Waals surface area contributed by atoms with E-state index in [1.54, 1.807) is 14.2 Å². The Kier molecular flexibility index (Phi) is 3.41. The fourth-order valence-electron chi connectivity index (χ4n) is 2.34. The van der Waals surface area contributed by atoms with E-state index in [1.807, 2.05) is 42.5 Å². The van der Waals surface area contributed by atoms with Crippen molar-refractivity contribution in [3.8, 4) is 0 Å². The summed E-state index contributed by atoms with van der Waals surface area (Å²) in [4.78, 5) is 0. The third kappa shape index (κ3) is 1.89. The molecule has 1 atom stereocenters. The van der Waals surface area contributed by atoms with E-state index in [2.05, 4.69) is 0 Å². The van der Waals surface area contributed by atoms with Crippen LogP contribution in [0.3, 0.4) is 0 Å². The summed E-state index contributed by atoms with van der Waals surface area (Å²) in [6.07, 6.45) is 5.52. The molecule has 96 valence electrons. The minimum absolute atomic E-state index is 0.251. The quantitative estimate of drug-likeness (QED) is 0.629. The number of nitrogens with two attached hydrogens (primary N) is 2. The van der Waals surface area contributed by atoms with Gasteiger partial charge in [-0.25, -0.2) is 0 Å². The number of hydrogen-bond donors (Lipinski definition) is 2. The van der Waals surface area contributed by atoms with Crippen LogP contribution in [0.4, 0.5) is 5.69 Å². The van der Waals surface area contributed by atoms with Crippen molar-refractivity contribution in [1.29, 1.82) is 0 Å². The number of ether oxygens (including phenoxy) is 2. The zero-order chi connectivity index (χ0) is 13.2. The van der Waals surface area contributed by atoms with Gasteiger partial charge < -0.3 is 20.9 Å². The molecule has 4 heteroatoms. The van der Waals surface area contributed by atoms with Gasteiger partial charge in [0.1, 0.15) is 0 Å². The smallest absolute Gasteiger partial charge is 0.200 e. The van der Waals surface area contributed by atoms with Crippen LogP contribution in [0.15, 0.2) is 48.2 Å². The van der Waals surface area contributed by atoms with Gasteiger partial charge in [0.05, 0.1) is 5.92 Å². The first-order valence-electron chi connectivity index (χ1n) is 5.74. The molecule has 0 saturated carbocycles. The van der Waals surface area contributed by atoms with Crippen LogP contribution in [0, 0.1) is 0 Å². The molecule has 1 aromatic rings. The molecule has 0 spiro atoms. The van der Waals surface area contributed by atoms with Crippen LogP contribution in [0.5, 0.6) is 0 Å². The van der Waals surface area contributed by atoms with Crippen LogP contribution in [0.25, 0.3) is 0 Å². The summed E-state index contributed by atoms with van der Waals surface area (Å²) < 4.78 is 11.1. The van der Waals surface area contributed by atoms with Crippen molar-refractivity contribution in [3.63, 3.8) is 0 Å². The number of para-hydroxylation sites is 1. The van der Waals surface area contributed by atoms with E-state index in [0.29, 0.717) is 11.4 Å². The molecule has 0 aliphatic heterocycles. The molecular weight excluding hydrogens is 228 g/mol. The maximum absolute atomic E-state index is 6.10. The predicted octanol–water partition coefficient (Wildman–Crippen LogP) is 1.75. The highest BCUT2D eigenvalue weighted by molar-refractivity contribution is 5.53. The van der Waals surface area contributed by atoms with Crippen LogP contribution in [0.1, 0.15) is 11.5 Å². The molecule has 0 aromatic heterocycles. The Hall–Kier alpha value is -1.78. The molecular formula is C14H18N2O2. The largest absolute Gasteiger partial charge is 0.401 e. The van der Waals surface area contributed by atoms with Crippen LogP contribution in [-0.2, 0) is 9.47 Å². The Labute approximate surface area is 107 Å². The van der Waals surface area contributed by atoms with Crippen LogP contribution < -0.4 is 11.5 Å². The molecule has 4 nitrogen and oxygen atoms in total. The second-order valence-corrected chi connectivity index (χ2v) is 4.22. The molecule has 1 aliphatic rings. The highest BCUT2D eigenvalue weighted by Gasteiger charge is 2.42. The first kappa shape index (κ1) is 12.7. The topological polar surface area (TPSA) is 70.5 Å². The summed E-state index contributed by atoms with van der Waals surface area (Å²) in [5.74, 6) is -1.16. The van der Waals surface area contributed by atoms with E-state index in [9.17, 15) is 0 Å². The fraction of sp³-hybridized carbons (Fsp3) is 0.286. The number of hydrogen-bond acceptors (Lipinski definition) is 4. The molecule has 0 radical (unpaired) electrons. The van der Waals surface area contributed by atoms with Crippen molar-refractivity contribution in [3.05, 3.63) is 53.8 Å². The van der Waals surface area contributed by atoms with Crippen molar-refractivity contribution in [2.75, 3.05) is 20.0 Å². The van der Waals surface area contributed by atoms with Crippen molar-refractivity contribution < 1.29 is 9.47 Å². The van der Waals surface area contributed by atoms with Crippen molar-refractivity contribution in [2.24, 2.45) is 5.73 Å². The van der Waals surface area contributed by atoms with E-state index in [1.165, 1.54) is 0 Å². The number of methoxy groups -OCH3 is 2. The maximum atomic E-state index is 6.10.